The van der Waals surface area contributed by atoms with Gasteiger partial charge >= 0.3 is 0 Å². The van der Waals surface area contributed by atoms with Crippen LogP contribution < -0.4 is 5.32 Å². The van der Waals surface area contributed by atoms with Crippen LogP contribution in [0.3, 0.4) is 0 Å². The summed E-state index contributed by atoms with van der Waals surface area (Å²) < 4.78 is 1.10. The van der Waals surface area contributed by atoms with E-state index in [1.807, 2.05) is 18.3 Å². The average Bonchev–Trinajstić information content (AvgIpc) is 2.41. The summed E-state index contributed by atoms with van der Waals surface area (Å²) in [6.07, 6.45) is 4.34. The highest BCUT2D eigenvalue weighted by atomic mass is 79.9. The van der Waals surface area contributed by atoms with Crippen molar-refractivity contribution in [1.82, 2.24) is 9.88 Å². The fraction of sp³-hybridized carbons (Fsp3) is 0.400. The molecule has 1 aromatic carbocycles. The standard InChI is InChI=1S/C15H18BrN3/c1-19-6-4-13(5-7-19)18-14-9-11-8-12(16)2-3-15(11)17-10-14/h2-3,8-10,13,18H,4-7H2,1H3. The third-order valence-corrected chi connectivity index (χ3v) is 4.23. The fourth-order valence-corrected chi connectivity index (χ4v) is 2.95. The predicted molar refractivity (Wildman–Crippen MR) is 83.6 cm³/mol. The maximum Gasteiger partial charge on any atom is 0.0704 e. The van der Waals surface area contributed by atoms with Gasteiger partial charge in [0.1, 0.15) is 0 Å². The van der Waals surface area contributed by atoms with E-state index in [0.717, 1.165) is 15.7 Å². The topological polar surface area (TPSA) is 28.2 Å². The number of hydrogen-bond donors (Lipinski definition) is 1. The van der Waals surface area contributed by atoms with Crippen LogP contribution in [0.15, 0.2) is 34.9 Å². The summed E-state index contributed by atoms with van der Waals surface area (Å²) in [7, 11) is 2.19. The van der Waals surface area contributed by atoms with E-state index >= 15 is 0 Å². The van der Waals surface area contributed by atoms with Crippen molar-refractivity contribution < 1.29 is 0 Å². The van der Waals surface area contributed by atoms with Crippen LogP contribution >= 0.6 is 15.9 Å². The number of benzene rings is 1. The van der Waals surface area contributed by atoms with E-state index in [2.05, 4.69) is 50.3 Å². The number of nitrogens with zero attached hydrogens (tertiary/aromatic N) is 2. The first kappa shape index (κ1) is 12.9. The number of hydrogen-bond acceptors (Lipinski definition) is 3. The molecule has 0 saturated carbocycles. The first-order valence-electron chi connectivity index (χ1n) is 6.71. The molecule has 3 rings (SSSR count). The molecule has 100 valence electrons. The third kappa shape index (κ3) is 3.07. The van der Waals surface area contributed by atoms with Gasteiger partial charge in [0.15, 0.2) is 0 Å². The van der Waals surface area contributed by atoms with Gasteiger partial charge in [0.2, 0.25) is 0 Å². The summed E-state index contributed by atoms with van der Waals surface area (Å²) in [5, 5.41) is 4.78. The zero-order chi connectivity index (χ0) is 13.2. The van der Waals surface area contributed by atoms with Crippen molar-refractivity contribution in [1.29, 1.82) is 0 Å². The van der Waals surface area contributed by atoms with Gasteiger partial charge in [-0.15, -0.1) is 0 Å². The smallest absolute Gasteiger partial charge is 0.0704 e. The summed E-state index contributed by atoms with van der Waals surface area (Å²) in [6, 6.07) is 8.94. The van der Waals surface area contributed by atoms with Crippen molar-refractivity contribution in [3.05, 3.63) is 34.9 Å². The lowest BCUT2D eigenvalue weighted by Gasteiger charge is -2.30. The highest BCUT2D eigenvalue weighted by Gasteiger charge is 2.16. The van der Waals surface area contributed by atoms with Gasteiger partial charge in [-0.05, 0) is 57.2 Å². The van der Waals surface area contributed by atoms with Gasteiger partial charge in [0.05, 0.1) is 17.4 Å². The number of fused-ring (bicyclic) bond motifs is 1. The third-order valence-electron chi connectivity index (χ3n) is 3.73. The molecule has 1 fully saturated rings. The molecule has 4 heteroatoms. The maximum absolute atomic E-state index is 4.51. The molecular weight excluding hydrogens is 302 g/mol. The van der Waals surface area contributed by atoms with Crippen LogP contribution in [-0.4, -0.2) is 36.1 Å². The Kier molecular flexibility index (Phi) is 3.71. The van der Waals surface area contributed by atoms with Crippen molar-refractivity contribution in [2.45, 2.75) is 18.9 Å². The highest BCUT2D eigenvalue weighted by molar-refractivity contribution is 9.10. The molecule has 2 heterocycles. The summed E-state index contributed by atoms with van der Waals surface area (Å²) in [5.74, 6) is 0. The highest BCUT2D eigenvalue weighted by Crippen LogP contribution is 2.22. The Morgan fingerprint density at radius 3 is 2.84 bits per heavy atom. The molecular formula is C15H18BrN3. The number of pyridine rings is 1. The lowest BCUT2D eigenvalue weighted by molar-refractivity contribution is 0.264. The minimum Gasteiger partial charge on any atom is -0.381 e. The second kappa shape index (κ2) is 5.47. The minimum absolute atomic E-state index is 0.572. The Morgan fingerprint density at radius 1 is 1.26 bits per heavy atom. The van der Waals surface area contributed by atoms with Crippen LogP contribution in [0.1, 0.15) is 12.8 Å². The summed E-state index contributed by atoms with van der Waals surface area (Å²) in [5.41, 5.74) is 2.16. The molecule has 0 spiro atoms. The fourth-order valence-electron chi connectivity index (χ4n) is 2.57. The molecule has 0 radical (unpaired) electrons. The molecule has 0 bridgehead atoms. The number of halogens is 1. The van der Waals surface area contributed by atoms with Crippen LogP contribution in [0.2, 0.25) is 0 Å². The van der Waals surface area contributed by atoms with Crippen LogP contribution in [0.5, 0.6) is 0 Å². The van der Waals surface area contributed by atoms with Gasteiger partial charge in [-0.25, -0.2) is 0 Å². The van der Waals surface area contributed by atoms with E-state index in [-0.39, 0.29) is 0 Å². The molecule has 3 nitrogen and oxygen atoms in total. The van der Waals surface area contributed by atoms with Gasteiger partial charge in [-0.2, -0.15) is 0 Å². The van der Waals surface area contributed by atoms with Crippen molar-refractivity contribution >= 4 is 32.5 Å². The van der Waals surface area contributed by atoms with E-state index in [1.54, 1.807) is 0 Å². The Morgan fingerprint density at radius 2 is 2.05 bits per heavy atom. The summed E-state index contributed by atoms with van der Waals surface area (Å²) in [4.78, 5) is 6.89. The van der Waals surface area contributed by atoms with Crippen LogP contribution in [0.25, 0.3) is 10.9 Å². The van der Waals surface area contributed by atoms with E-state index in [4.69, 9.17) is 0 Å². The van der Waals surface area contributed by atoms with Crippen molar-refractivity contribution in [3.63, 3.8) is 0 Å². The molecule has 1 aliphatic heterocycles. The maximum atomic E-state index is 4.51. The van der Waals surface area contributed by atoms with Crippen LogP contribution in [0, 0.1) is 0 Å². The monoisotopic (exact) mass is 319 g/mol. The zero-order valence-electron chi connectivity index (χ0n) is 11.1. The molecule has 0 amide bonds. The molecule has 0 atom stereocenters. The van der Waals surface area contributed by atoms with Crippen LogP contribution in [0.4, 0.5) is 5.69 Å². The van der Waals surface area contributed by atoms with Gasteiger partial charge < -0.3 is 10.2 Å². The number of anilines is 1. The molecule has 1 saturated heterocycles. The van der Waals surface area contributed by atoms with Gasteiger partial charge in [0.25, 0.3) is 0 Å². The first-order chi connectivity index (χ1) is 9.20. The zero-order valence-corrected chi connectivity index (χ0v) is 12.7. The average molecular weight is 320 g/mol. The molecule has 1 aromatic heterocycles. The van der Waals surface area contributed by atoms with Crippen molar-refractivity contribution in [3.8, 4) is 0 Å². The number of aromatic nitrogens is 1. The Balaban J connectivity index is 1.77. The summed E-state index contributed by atoms with van der Waals surface area (Å²) in [6.45, 7) is 2.34. The van der Waals surface area contributed by atoms with Gasteiger partial charge in [0, 0.05) is 15.9 Å². The quantitative estimate of drug-likeness (QED) is 0.918. The number of likely N-dealkylation sites (tertiary alicyclic amines) is 1. The lowest BCUT2D eigenvalue weighted by atomic mass is 10.1. The minimum atomic E-state index is 0.572. The molecule has 1 N–H and O–H groups in total. The summed E-state index contributed by atoms with van der Waals surface area (Å²) >= 11 is 3.51. The van der Waals surface area contributed by atoms with E-state index in [0.29, 0.717) is 6.04 Å². The SMILES string of the molecule is CN1CCC(Nc2cnc3ccc(Br)cc3c2)CC1. The number of rotatable bonds is 2. The molecule has 1 aliphatic rings. The Bertz CT molecular complexity index is 577. The first-order valence-corrected chi connectivity index (χ1v) is 7.50. The largest absolute Gasteiger partial charge is 0.381 e. The number of piperidine rings is 1. The van der Waals surface area contributed by atoms with Crippen molar-refractivity contribution in [2.75, 3.05) is 25.5 Å². The second-order valence-corrected chi connectivity index (χ2v) is 6.20. The molecule has 0 unspecified atom stereocenters. The second-order valence-electron chi connectivity index (χ2n) is 5.28. The molecule has 0 aliphatic carbocycles. The Labute approximate surface area is 122 Å². The predicted octanol–water partition coefficient (Wildman–Crippen LogP) is 3.50. The Hall–Kier alpha value is -1.13. The van der Waals surface area contributed by atoms with Crippen LogP contribution in [-0.2, 0) is 0 Å². The van der Waals surface area contributed by atoms with Gasteiger partial charge in [-0.1, -0.05) is 15.9 Å². The molecule has 19 heavy (non-hydrogen) atoms. The molecule has 2 aromatic rings. The van der Waals surface area contributed by atoms with E-state index in [1.165, 1.54) is 31.3 Å². The van der Waals surface area contributed by atoms with E-state index < -0.39 is 0 Å². The normalized spacial score (nSPS) is 17.8. The van der Waals surface area contributed by atoms with Crippen molar-refractivity contribution in [2.24, 2.45) is 0 Å². The number of nitrogens with one attached hydrogen (secondary N) is 1. The van der Waals surface area contributed by atoms with E-state index in [9.17, 15) is 0 Å². The lowest BCUT2D eigenvalue weighted by Crippen LogP contribution is -2.36. The van der Waals surface area contributed by atoms with Gasteiger partial charge in [-0.3, -0.25) is 4.98 Å².